The lowest BCUT2D eigenvalue weighted by atomic mass is 10.1. The van der Waals surface area contributed by atoms with Crippen molar-refractivity contribution in [3.8, 4) is 0 Å². The lowest BCUT2D eigenvalue weighted by Gasteiger charge is -2.23. The van der Waals surface area contributed by atoms with Gasteiger partial charge in [-0.3, -0.25) is 5.32 Å². The van der Waals surface area contributed by atoms with Crippen LogP contribution in [0.15, 0.2) is 12.1 Å². The molecular weight excluding hydrogens is 346 g/mol. The van der Waals surface area contributed by atoms with Gasteiger partial charge in [0.2, 0.25) is 0 Å². The van der Waals surface area contributed by atoms with Crippen LogP contribution in [0.1, 0.15) is 39.4 Å². The van der Waals surface area contributed by atoms with Gasteiger partial charge in [-0.15, -0.1) is 12.4 Å². The van der Waals surface area contributed by atoms with Crippen molar-refractivity contribution in [2.24, 2.45) is 0 Å². The summed E-state index contributed by atoms with van der Waals surface area (Å²) in [7, 11) is 0. The van der Waals surface area contributed by atoms with Crippen LogP contribution in [0, 0.1) is 5.82 Å². The number of benzene rings is 1. The zero-order valence-electron chi connectivity index (χ0n) is 13.6. The van der Waals surface area contributed by atoms with Crippen LogP contribution in [0.5, 0.6) is 0 Å². The standard InChI is InChI=1S/C15H22ClFN2O3.ClH/c1-5-22-14(21)19-13-10(16)6-9(7-11(13)17)12(20)8-18-15(2,3)4;/h6-7,12,18,20H,5,8H2,1-4H3,(H,19,21);1H. The predicted octanol–water partition coefficient (Wildman–Crippen LogP) is 3.89. The molecular formula is C15H23Cl2FN2O3. The Morgan fingerprint density at radius 3 is 2.52 bits per heavy atom. The molecule has 1 aromatic rings. The van der Waals surface area contributed by atoms with E-state index in [1.165, 1.54) is 6.07 Å². The molecule has 8 heteroatoms. The fraction of sp³-hybridized carbons (Fsp3) is 0.533. The van der Waals surface area contributed by atoms with E-state index in [4.69, 9.17) is 11.6 Å². The van der Waals surface area contributed by atoms with Gasteiger partial charge in [0.1, 0.15) is 5.82 Å². The number of amides is 1. The third kappa shape index (κ3) is 7.35. The topological polar surface area (TPSA) is 70.6 Å². The monoisotopic (exact) mass is 368 g/mol. The third-order valence-electron chi connectivity index (χ3n) is 2.78. The molecule has 0 saturated heterocycles. The predicted molar refractivity (Wildman–Crippen MR) is 92.0 cm³/mol. The number of rotatable bonds is 5. The molecule has 0 aliphatic heterocycles. The summed E-state index contributed by atoms with van der Waals surface area (Å²) in [6.45, 7) is 7.93. The van der Waals surface area contributed by atoms with E-state index >= 15 is 0 Å². The molecule has 132 valence electrons. The van der Waals surface area contributed by atoms with E-state index in [-0.39, 0.29) is 41.8 Å². The van der Waals surface area contributed by atoms with Crippen molar-refractivity contribution in [3.05, 3.63) is 28.5 Å². The van der Waals surface area contributed by atoms with Gasteiger partial charge < -0.3 is 15.2 Å². The van der Waals surface area contributed by atoms with Crippen molar-refractivity contribution in [1.29, 1.82) is 0 Å². The van der Waals surface area contributed by atoms with Gasteiger partial charge in [-0.05, 0) is 45.4 Å². The molecule has 0 spiro atoms. The van der Waals surface area contributed by atoms with Crippen molar-refractivity contribution in [2.75, 3.05) is 18.5 Å². The maximum absolute atomic E-state index is 14.1. The summed E-state index contributed by atoms with van der Waals surface area (Å²) in [6, 6.07) is 2.56. The van der Waals surface area contributed by atoms with Gasteiger partial charge in [-0.25, -0.2) is 9.18 Å². The highest BCUT2D eigenvalue weighted by Crippen LogP contribution is 2.29. The second-order valence-corrected chi connectivity index (χ2v) is 6.26. The molecule has 0 heterocycles. The maximum atomic E-state index is 14.1. The van der Waals surface area contributed by atoms with Crippen LogP contribution in [0.4, 0.5) is 14.9 Å². The van der Waals surface area contributed by atoms with E-state index in [2.05, 4.69) is 15.4 Å². The summed E-state index contributed by atoms with van der Waals surface area (Å²) in [6.07, 6.45) is -1.70. The Morgan fingerprint density at radius 2 is 2.04 bits per heavy atom. The maximum Gasteiger partial charge on any atom is 0.411 e. The van der Waals surface area contributed by atoms with Gasteiger partial charge in [0.25, 0.3) is 0 Å². The van der Waals surface area contributed by atoms with Gasteiger partial charge in [0.05, 0.1) is 23.4 Å². The Kier molecular flexibility index (Phi) is 8.84. The molecule has 1 unspecified atom stereocenters. The van der Waals surface area contributed by atoms with Crippen molar-refractivity contribution in [1.82, 2.24) is 5.32 Å². The molecule has 0 aromatic heterocycles. The highest BCUT2D eigenvalue weighted by atomic mass is 35.5. The second kappa shape index (κ2) is 9.27. The van der Waals surface area contributed by atoms with Crippen molar-refractivity contribution in [3.63, 3.8) is 0 Å². The summed E-state index contributed by atoms with van der Waals surface area (Å²) in [4.78, 5) is 11.3. The molecule has 0 bridgehead atoms. The number of aliphatic hydroxyl groups excluding tert-OH is 1. The molecule has 0 radical (unpaired) electrons. The van der Waals surface area contributed by atoms with E-state index in [0.29, 0.717) is 5.56 Å². The summed E-state index contributed by atoms with van der Waals surface area (Å²) in [5.74, 6) is -0.731. The molecule has 0 aliphatic rings. The quantitative estimate of drug-likeness (QED) is 0.737. The van der Waals surface area contributed by atoms with E-state index in [9.17, 15) is 14.3 Å². The summed E-state index contributed by atoms with van der Waals surface area (Å²) >= 11 is 5.97. The zero-order chi connectivity index (χ0) is 16.9. The number of ether oxygens (including phenoxy) is 1. The number of anilines is 1. The molecule has 1 amide bonds. The van der Waals surface area contributed by atoms with Gasteiger partial charge in [-0.1, -0.05) is 11.6 Å². The second-order valence-electron chi connectivity index (χ2n) is 5.85. The third-order valence-corrected chi connectivity index (χ3v) is 3.08. The summed E-state index contributed by atoms with van der Waals surface area (Å²) in [5.41, 5.74) is -0.0112. The van der Waals surface area contributed by atoms with E-state index < -0.39 is 18.0 Å². The van der Waals surface area contributed by atoms with Gasteiger partial charge in [-0.2, -0.15) is 0 Å². The molecule has 1 rings (SSSR count). The minimum atomic E-state index is -0.914. The molecule has 5 nitrogen and oxygen atoms in total. The molecule has 3 N–H and O–H groups in total. The number of hydrogen-bond acceptors (Lipinski definition) is 4. The van der Waals surface area contributed by atoms with Gasteiger partial charge in [0, 0.05) is 12.1 Å². The van der Waals surface area contributed by atoms with Crippen LogP contribution in [0.3, 0.4) is 0 Å². The number of nitrogens with one attached hydrogen (secondary N) is 2. The number of aliphatic hydroxyl groups is 1. The lowest BCUT2D eigenvalue weighted by Crippen LogP contribution is -2.38. The van der Waals surface area contributed by atoms with Gasteiger partial charge >= 0.3 is 6.09 Å². The highest BCUT2D eigenvalue weighted by molar-refractivity contribution is 6.33. The number of β-amino-alcohol motifs (C(OH)–C–C–N with tert-alkyl or cyclic N) is 1. The van der Waals surface area contributed by atoms with E-state index in [0.717, 1.165) is 6.07 Å². The van der Waals surface area contributed by atoms with Crippen molar-refractivity contribution < 1.29 is 19.0 Å². The molecule has 1 atom stereocenters. The van der Waals surface area contributed by atoms with E-state index in [1.54, 1.807) is 6.92 Å². The minimum Gasteiger partial charge on any atom is -0.450 e. The minimum absolute atomic E-state index is 0. The number of carbonyl (C=O) groups is 1. The smallest absolute Gasteiger partial charge is 0.411 e. The number of carbonyl (C=O) groups excluding carboxylic acids is 1. The first kappa shape index (κ1) is 21.9. The number of hydrogen-bond donors (Lipinski definition) is 3. The fourth-order valence-electron chi connectivity index (χ4n) is 1.69. The van der Waals surface area contributed by atoms with Crippen molar-refractivity contribution in [2.45, 2.75) is 39.3 Å². The molecule has 1 aromatic carbocycles. The van der Waals surface area contributed by atoms with Crippen LogP contribution in [-0.4, -0.2) is 29.9 Å². The lowest BCUT2D eigenvalue weighted by molar-refractivity contribution is 0.163. The normalized spacial score (nSPS) is 12.3. The van der Waals surface area contributed by atoms with Crippen LogP contribution >= 0.6 is 24.0 Å². The highest BCUT2D eigenvalue weighted by Gasteiger charge is 2.18. The Labute approximate surface area is 147 Å². The van der Waals surface area contributed by atoms with Crippen LogP contribution in [0.25, 0.3) is 0 Å². The number of halogens is 3. The molecule has 23 heavy (non-hydrogen) atoms. The van der Waals surface area contributed by atoms with Crippen LogP contribution in [0.2, 0.25) is 5.02 Å². The summed E-state index contributed by atoms with van der Waals surface area (Å²) < 4.78 is 18.7. The Hall–Kier alpha value is -1.08. The molecule has 0 saturated carbocycles. The van der Waals surface area contributed by atoms with Crippen molar-refractivity contribution >= 4 is 35.8 Å². The average Bonchev–Trinajstić information content (AvgIpc) is 2.39. The zero-order valence-corrected chi connectivity index (χ0v) is 15.1. The Balaban J connectivity index is 0.00000484. The average molecular weight is 369 g/mol. The van der Waals surface area contributed by atoms with Crippen LogP contribution in [-0.2, 0) is 4.74 Å². The Bertz CT molecular complexity index is 513. The van der Waals surface area contributed by atoms with Crippen LogP contribution < -0.4 is 10.6 Å². The first-order valence-electron chi connectivity index (χ1n) is 7.00. The first-order chi connectivity index (χ1) is 10.1. The largest absolute Gasteiger partial charge is 0.450 e. The SMILES string of the molecule is CCOC(=O)Nc1c(F)cc(C(O)CNC(C)(C)C)cc1Cl.Cl. The molecule has 0 fully saturated rings. The first-order valence-corrected chi connectivity index (χ1v) is 7.37. The fourth-order valence-corrected chi connectivity index (χ4v) is 1.96. The van der Waals surface area contributed by atoms with E-state index in [1.807, 2.05) is 20.8 Å². The van der Waals surface area contributed by atoms with Gasteiger partial charge in [0.15, 0.2) is 0 Å². The molecule has 0 aliphatic carbocycles. The Morgan fingerprint density at radius 1 is 1.43 bits per heavy atom. The summed E-state index contributed by atoms with van der Waals surface area (Å²) in [5, 5.41) is 15.4.